The molecule has 0 bridgehead atoms. The van der Waals surface area contributed by atoms with Crippen LogP contribution in [0.25, 0.3) is 0 Å². The van der Waals surface area contributed by atoms with Crippen molar-refractivity contribution >= 4 is 18.0 Å². The minimum atomic E-state index is -0.0313. The van der Waals surface area contributed by atoms with Crippen LogP contribution in [0.5, 0.6) is 0 Å². The zero-order valence-corrected chi connectivity index (χ0v) is 8.67. The van der Waals surface area contributed by atoms with Gasteiger partial charge in [0.2, 0.25) is 0 Å². The molecule has 0 amide bonds. The van der Waals surface area contributed by atoms with Crippen LogP contribution in [-0.2, 0) is 4.79 Å². The highest BCUT2D eigenvalue weighted by Crippen LogP contribution is 2.33. The molecule has 2 atom stereocenters. The van der Waals surface area contributed by atoms with E-state index in [1.54, 1.807) is 0 Å². The van der Waals surface area contributed by atoms with Crippen molar-refractivity contribution in [3.05, 3.63) is 35.9 Å². The quantitative estimate of drug-likeness (QED) is 0.747. The summed E-state index contributed by atoms with van der Waals surface area (Å²) in [5, 5.41) is 3.51. The van der Waals surface area contributed by atoms with E-state index in [2.05, 4.69) is 17.4 Å². The highest BCUT2D eigenvalue weighted by molar-refractivity contribution is 7.99. The average molecular weight is 207 g/mol. The summed E-state index contributed by atoms with van der Waals surface area (Å²) >= 11 is 1.86. The van der Waals surface area contributed by atoms with E-state index in [1.807, 2.05) is 30.0 Å². The van der Waals surface area contributed by atoms with Gasteiger partial charge < -0.3 is 10.1 Å². The van der Waals surface area contributed by atoms with Crippen LogP contribution in [0.1, 0.15) is 10.8 Å². The Morgan fingerprint density at radius 3 is 2.86 bits per heavy atom. The SMILES string of the molecule is O=CC1NCCSC1c1ccccc1. The number of aldehydes is 1. The largest absolute Gasteiger partial charge is 0.306 e. The summed E-state index contributed by atoms with van der Waals surface area (Å²) in [6.45, 7) is 0.928. The van der Waals surface area contributed by atoms with E-state index in [0.29, 0.717) is 0 Å². The summed E-state index contributed by atoms with van der Waals surface area (Å²) in [6, 6.07) is 10.2. The third kappa shape index (κ3) is 1.99. The van der Waals surface area contributed by atoms with Crippen LogP contribution >= 0.6 is 11.8 Å². The van der Waals surface area contributed by atoms with Crippen LogP contribution in [0, 0.1) is 0 Å². The third-order valence-electron chi connectivity index (χ3n) is 2.38. The zero-order chi connectivity index (χ0) is 9.80. The standard InChI is InChI=1S/C11H13NOS/c13-8-10-11(14-7-6-12-10)9-4-2-1-3-5-9/h1-5,8,10-12H,6-7H2. The highest BCUT2D eigenvalue weighted by Gasteiger charge is 2.25. The Kier molecular flexibility index (Phi) is 3.22. The second kappa shape index (κ2) is 4.62. The van der Waals surface area contributed by atoms with Gasteiger partial charge in [0.15, 0.2) is 0 Å². The van der Waals surface area contributed by atoms with E-state index in [4.69, 9.17) is 0 Å². The van der Waals surface area contributed by atoms with Gasteiger partial charge in [-0.25, -0.2) is 0 Å². The second-order valence-corrected chi connectivity index (χ2v) is 4.57. The van der Waals surface area contributed by atoms with Crippen molar-refractivity contribution < 1.29 is 4.79 Å². The Balaban J connectivity index is 2.19. The van der Waals surface area contributed by atoms with Gasteiger partial charge in [-0.1, -0.05) is 30.3 Å². The van der Waals surface area contributed by atoms with Crippen molar-refractivity contribution in [3.63, 3.8) is 0 Å². The van der Waals surface area contributed by atoms with Crippen molar-refractivity contribution in [2.24, 2.45) is 0 Å². The van der Waals surface area contributed by atoms with Gasteiger partial charge in [0.25, 0.3) is 0 Å². The summed E-state index contributed by atoms with van der Waals surface area (Å²) < 4.78 is 0. The molecule has 3 heteroatoms. The number of nitrogens with one attached hydrogen (secondary N) is 1. The Bertz CT molecular complexity index is 301. The number of thioether (sulfide) groups is 1. The molecule has 1 N–H and O–H groups in total. The third-order valence-corrected chi connectivity index (χ3v) is 3.74. The fourth-order valence-corrected chi connectivity index (χ4v) is 2.89. The molecule has 0 radical (unpaired) electrons. The lowest BCUT2D eigenvalue weighted by Crippen LogP contribution is -2.40. The van der Waals surface area contributed by atoms with Crippen molar-refractivity contribution in [1.82, 2.24) is 5.32 Å². The van der Waals surface area contributed by atoms with Crippen molar-refractivity contribution in [2.45, 2.75) is 11.3 Å². The normalized spacial score (nSPS) is 27.1. The van der Waals surface area contributed by atoms with Gasteiger partial charge in [0, 0.05) is 12.3 Å². The number of hydrogen-bond acceptors (Lipinski definition) is 3. The molecular formula is C11H13NOS. The molecule has 1 aliphatic rings. The van der Waals surface area contributed by atoms with Crippen LogP contribution in [0.3, 0.4) is 0 Å². The molecule has 1 fully saturated rings. The Morgan fingerprint density at radius 1 is 1.36 bits per heavy atom. The number of hydrogen-bond donors (Lipinski definition) is 1. The first kappa shape index (κ1) is 9.74. The van der Waals surface area contributed by atoms with E-state index in [-0.39, 0.29) is 11.3 Å². The second-order valence-electron chi connectivity index (χ2n) is 3.32. The maximum absolute atomic E-state index is 10.9. The molecule has 1 aliphatic heterocycles. The monoisotopic (exact) mass is 207 g/mol. The lowest BCUT2D eigenvalue weighted by Gasteiger charge is -2.28. The van der Waals surface area contributed by atoms with E-state index in [1.165, 1.54) is 5.56 Å². The fourth-order valence-electron chi connectivity index (χ4n) is 1.69. The highest BCUT2D eigenvalue weighted by atomic mass is 32.2. The predicted octanol–water partition coefficient (Wildman–Crippen LogP) is 1.63. The molecule has 0 saturated carbocycles. The van der Waals surface area contributed by atoms with E-state index < -0.39 is 0 Å². The van der Waals surface area contributed by atoms with Crippen LogP contribution in [-0.4, -0.2) is 24.6 Å². The zero-order valence-electron chi connectivity index (χ0n) is 7.85. The Morgan fingerprint density at radius 2 is 2.14 bits per heavy atom. The van der Waals surface area contributed by atoms with Gasteiger partial charge in [0.05, 0.1) is 11.3 Å². The molecule has 14 heavy (non-hydrogen) atoms. The number of carbonyl (C=O) groups excluding carboxylic acids is 1. The van der Waals surface area contributed by atoms with Gasteiger partial charge in [-0.2, -0.15) is 11.8 Å². The van der Waals surface area contributed by atoms with E-state index >= 15 is 0 Å². The molecule has 1 aromatic rings. The molecule has 2 rings (SSSR count). The Labute approximate surface area is 88.1 Å². The number of carbonyl (C=O) groups is 1. The molecule has 0 aromatic heterocycles. The van der Waals surface area contributed by atoms with Crippen LogP contribution in [0.4, 0.5) is 0 Å². The average Bonchev–Trinajstić information content (AvgIpc) is 2.30. The Hall–Kier alpha value is -0.800. The molecule has 1 saturated heterocycles. The first-order valence-corrected chi connectivity index (χ1v) is 5.82. The van der Waals surface area contributed by atoms with E-state index in [9.17, 15) is 4.79 Å². The van der Waals surface area contributed by atoms with Crippen molar-refractivity contribution in [1.29, 1.82) is 0 Å². The van der Waals surface area contributed by atoms with Crippen LogP contribution in [0.2, 0.25) is 0 Å². The smallest absolute Gasteiger partial charge is 0.138 e. The summed E-state index contributed by atoms with van der Waals surface area (Å²) in [7, 11) is 0. The van der Waals surface area contributed by atoms with Crippen molar-refractivity contribution in [2.75, 3.05) is 12.3 Å². The molecule has 1 heterocycles. The maximum Gasteiger partial charge on any atom is 0.138 e. The van der Waals surface area contributed by atoms with Gasteiger partial charge in [0.1, 0.15) is 6.29 Å². The summed E-state index contributed by atoms with van der Waals surface area (Å²) in [5.41, 5.74) is 1.24. The molecule has 2 unspecified atom stereocenters. The molecule has 74 valence electrons. The summed E-state index contributed by atoms with van der Waals surface area (Å²) in [6.07, 6.45) is 1.02. The molecule has 2 nitrogen and oxygen atoms in total. The minimum absolute atomic E-state index is 0.0313. The van der Waals surface area contributed by atoms with Gasteiger partial charge >= 0.3 is 0 Å². The van der Waals surface area contributed by atoms with Gasteiger partial charge in [-0.05, 0) is 5.56 Å². The lowest BCUT2D eigenvalue weighted by molar-refractivity contribution is -0.109. The van der Waals surface area contributed by atoms with Crippen LogP contribution < -0.4 is 5.32 Å². The van der Waals surface area contributed by atoms with E-state index in [0.717, 1.165) is 18.6 Å². The minimum Gasteiger partial charge on any atom is -0.306 e. The first-order chi connectivity index (χ1) is 6.92. The molecule has 0 aliphatic carbocycles. The predicted molar refractivity (Wildman–Crippen MR) is 59.5 cm³/mol. The molecule has 0 spiro atoms. The maximum atomic E-state index is 10.9. The summed E-state index contributed by atoms with van der Waals surface area (Å²) in [4.78, 5) is 10.9. The van der Waals surface area contributed by atoms with Crippen molar-refractivity contribution in [3.8, 4) is 0 Å². The fraction of sp³-hybridized carbons (Fsp3) is 0.364. The van der Waals surface area contributed by atoms with Gasteiger partial charge in [-0.3, -0.25) is 0 Å². The number of benzene rings is 1. The first-order valence-electron chi connectivity index (χ1n) is 4.77. The number of rotatable bonds is 2. The van der Waals surface area contributed by atoms with Crippen LogP contribution in [0.15, 0.2) is 30.3 Å². The topological polar surface area (TPSA) is 29.1 Å². The summed E-state index contributed by atoms with van der Waals surface area (Å²) in [5.74, 6) is 1.07. The molecule has 1 aromatic carbocycles. The lowest BCUT2D eigenvalue weighted by atomic mass is 10.1. The van der Waals surface area contributed by atoms with Gasteiger partial charge in [-0.15, -0.1) is 0 Å². The molecular weight excluding hydrogens is 194 g/mol.